The molecule has 0 unspecified atom stereocenters. The maximum absolute atomic E-state index is 12.6. The third-order valence-electron chi connectivity index (χ3n) is 4.32. The van der Waals surface area contributed by atoms with E-state index in [0.717, 1.165) is 0 Å². The molecule has 1 saturated heterocycles. The minimum absolute atomic E-state index is 0.0953. The second-order valence-electron chi connectivity index (χ2n) is 6.48. The van der Waals surface area contributed by atoms with Gasteiger partial charge in [-0.15, -0.1) is 0 Å². The van der Waals surface area contributed by atoms with Crippen molar-refractivity contribution in [3.05, 3.63) is 60.2 Å². The third-order valence-corrected chi connectivity index (χ3v) is 7.59. The molecule has 1 aliphatic rings. The summed E-state index contributed by atoms with van der Waals surface area (Å²) in [4.78, 5) is 0.190. The molecule has 1 N–H and O–H groups in total. The normalized spacial score (nSPS) is 15.9. The first-order chi connectivity index (χ1) is 13.9. The van der Waals surface area contributed by atoms with Crippen molar-refractivity contribution in [3.8, 4) is 5.75 Å². The van der Waals surface area contributed by atoms with Crippen molar-refractivity contribution in [3.63, 3.8) is 0 Å². The lowest BCUT2D eigenvalue weighted by Crippen LogP contribution is -2.40. The van der Waals surface area contributed by atoms with Crippen molar-refractivity contribution in [2.75, 3.05) is 39.5 Å². The highest BCUT2D eigenvalue weighted by Gasteiger charge is 2.26. The Labute approximate surface area is 171 Å². The van der Waals surface area contributed by atoms with Gasteiger partial charge in [0.15, 0.2) is 0 Å². The van der Waals surface area contributed by atoms with Gasteiger partial charge in [0.1, 0.15) is 12.4 Å². The monoisotopic (exact) mass is 440 g/mol. The van der Waals surface area contributed by atoms with Gasteiger partial charge in [0.05, 0.1) is 23.9 Å². The van der Waals surface area contributed by atoms with Gasteiger partial charge >= 0.3 is 0 Å². The Morgan fingerprint density at radius 3 is 2.24 bits per heavy atom. The summed E-state index contributed by atoms with van der Waals surface area (Å²) in [7, 11) is -7.00. The van der Waals surface area contributed by atoms with Gasteiger partial charge in [0.25, 0.3) is 0 Å². The molecule has 0 amide bonds. The summed E-state index contributed by atoms with van der Waals surface area (Å²) in [5.41, 5.74) is 0.706. The van der Waals surface area contributed by atoms with E-state index >= 15 is 0 Å². The van der Waals surface area contributed by atoms with Crippen molar-refractivity contribution in [2.45, 2.75) is 10.6 Å². The molecule has 1 aliphatic heterocycles. The van der Waals surface area contributed by atoms with Gasteiger partial charge in [0.2, 0.25) is 20.0 Å². The molecule has 0 spiro atoms. The van der Waals surface area contributed by atoms with Crippen LogP contribution in [0.15, 0.2) is 59.5 Å². The molecular weight excluding hydrogens is 416 g/mol. The number of rotatable bonds is 9. The molecule has 1 fully saturated rings. The lowest BCUT2D eigenvalue weighted by Gasteiger charge is -2.26. The average Bonchev–Trinajstić information content (AvgIpc) is 2.73. The smallest absolute Gasteiger partial charge is 0.243 e. The molecule has 10 heteroatoms. The summed E-state index contributed by atoms with van der Waals surface area (Å²) in [6.07, 6.45) is 0. The number of morpholine rings is 1. The Morgan fingerprint density at radius 1 is 0.931 bits per heavy atom. The van der Waals surface area contributed by atoms with Gasteiger partial charge in [-0.2, -0.15) is 4.31 Å². The number of hydrogen-bond acceptors (Lipinski definition) is 6. The number of sulfonamides is 2. The summed E-state index contributed by atoms with van der Waals surface area (Å²) < 4.78 is 63.9. The first-order valence-corrected chi connectivity index (χ1v) is 12.3. The summed E-state index contributed by atoms with van der Waals surface area (Å²) >= 11 is 0. The van der Waals surface area contributed by atoms with Crippen LogP contribution in [0.2, 0.25) is 0 Å². The standard InChI is InChI=1S/C19H24N2O6S2/c22-28(23,16-17-4-2-1-3-5-17)20-10-13-27-18-6-8-19(9-7-18)29(24,25)21-11-14-26-15-12-21/h1-9,20H,10-16H2. The van der Waals surface area contributed by atoms with Gasteiger partial charge in [-0.3, -0.25) is 0 Å². The average molecular weight is 441 g/mol. The van der Waals surface area contributed by atoms with E-state index in [-0.39, 0.29) is 23.8 Å². The Bertz CT molecular complexity index is 987. The highest BCUT2D eigenvalue weighted by Crippen LogP contribution is 2.20. The zero-order valence-electron chi connectivity index (χ0n) is 15.9. The van der Waals surface area contributed by atoms with Crippen LogP contribution in [0, 0.1) is 0 Å². The zero-order valence-corrected chi connectivity index (χ0v) is 17.5. The summed E-state index contributed by atoms with van der Waals surface area (Å²) in [6, 6.07) is 15.0. The van der Waals surface area contributed by atoms with Crippen molar-refractivity contribution in [1.82, 2.24) is 9.03 Å². The van der Waals surface area contributed by atoms with E-state index in [9.17, 15) is 16.8 Å². The van der Waals surface area contributed by atoms with E-state index in [1.807, 2.05) is 6.07 Å². The second kappa shape index (κ2) is 9.68. The van der Waals surface area contributed by atoms with Crippen LogP contribution >= 0.6 is 0 Å². The molecule has 0 bridgehead atoms. The first-order valence-electron chi connectivity index (χ1n) is 9.19. The van der Waals surface area contributed by atoms with Gasteiger partial charge in [0, 0.05) is 19.6 Å². The predicted molar refractivity (Wildman–Crippen MR) is 109 cm³/mol. The molecule has 8 nitrogen and oxygen atoms in total. The van der Waals surface area contributed by atoms with Crippen molar-refractivity contribution in [1.29, 1.82) is 0 Å². The van der Waals surface area contributed by atoms with Gasteiger partial charge in [-0.05, 0) is 29.8 Å². The second-order valence-corrected chi connectivity index (χ2v) is 10.2. The lowest BCUT2D eigenvalue weighted by atomic mass is 10.2. The van der Waals surface area contributed by atoms with E-state index in [1.165, 1.54) is 16.4 Å². The molecule has 158 valence electrons. The summed E-state index contributed by atoms with van der Waals surface area (Å²) in [6.45, 7) is 1.70. The number of hydrogen-bond donors (Lipinski definition) is 1. The van der Waals surface area contributed by atoms with Crippen molar-refractivity contribution < 1.29 is 26.3 Å². The van der Waals surface area contributed by atoms with Gasteiger partial charge < -0.3 is 9.47 Å². The first kappa shape index (κ1) is 21.7. The summed E-state index contributed by atoms with van der Waals surface area (Å²) in [5.74, 6) is 0.371. The van der Waals surface area contributed by atoms with E-state index in [2.05, 4.69) is 4.72 Å². The molecule has 2 aromatic rings. The number of nitrogens with one attached hydrogen (secondary N) is 1. The fraction of sp³-hybridized carbons (Fsp3) is 0.368. The van der Waals surface area contributed by atoms with E-state index in [0.29, 0.717) is 37.6 Å². The number of ether oxygens (including phenoxy) is 2. The van der Waals surface area contributed by atoms with Crippen LogP contribution in [-0.2, 0) is 30.5 Å². The van der Waals surface area contributed by atoms with Crippen LogP contribution in [0.3, 0.4) is 0 Å². The van der Waals surface area contributed by atoms with E-state index in [4.69, 9.17) is 9.47 Å². The minimum Gasteiger partial charge on any atom is -0.492 e. The third kappa shape index (κ3) is 6.25. The Morgan fingerprint density at radius 2 is 1.59 bits per heavy atom. The van der Waals surface area contributed by atoms with Crippen molar-refractivity contribution >= 4 is 20.0 Å². The maximum Gasteiger partial charge on any atom is 0.243 e. The number of benzene rings is 2. The predicted octanol–water partition coefficient (Wildman–Crippen LogP) is 1.21. The quantitative estimate of drug-likeness (QED) is 0.588. The molecule has 0 saturated carbocycles. The molecular formula is C19H24N2O6S2. The van der Waals surface area contributed by atoms with Crippen LogP contribution < -0.4 is 9.46 Å². The van der Waals surface area contributed by atoms with Crippen LogP contribution in [0.25, 0.3) is 0 Å². The molecule has 3 rings (SSSR count). The number of nitrogens with zero attached hydrogens (tertiary/aromatic N) is 1. The largest absolute Gasteiger partial charge is 0.492 e. The van der Waals surface area contributed by atoms with E-state index in [1.54, 1.807) is 36.4 Å². The van der Waals surface area contributed by atoms with Crippen LogP contribution in [0.1, 0.15) is 5.56 Å². The Kier molecular flexibility index (Phi) is 7.25. The van der Waals surface area contributed by atoms with Gasteiger partial charge in [-0.1, -0.05) is 30.3 Å². The minimum atomic E-state index is -3.55. The maximum atomic E-state index is 12.6. The fourth-order valence-corrected chi connectivity index (χ4v) is 5.39. The lowest BCUT2D eigenvalue weighted by molar-refractivity contribution is 0.0730. The fourth-order valence-electron chi connectivity index (χ4n) is 2.85. The Balaban J connectivity index is 1.48. The highest BCUT2D eigenvalue weighted by atomic mass is 32.2. The molecule has 0 aliphatic carbocycles. The van der Waals surface area contributed by atoms with Crippen LogP contribution in [0.4, 0.5) is 0 Å². The van der Waals surface area contributed by atoms with Crippen LogP contribution in [-0.4, -0.2) is 60.6 Å². The molecule has 2 aromatic carbocycles. The van der Waals surface area contributed by atoms with Gasteiger partial charge in [-0.25, -0.2) is 21.6 Å². The van der Waals surface area contributed by atoms with E-state index < -0.39 is 20.0 Å². The molecule has 29 heavy (non-hydrogen) atoms. The SMILES string of the molecule is O=S(=O)(Cc1ccccc1)NCCOc1ccc(S(=O)(=O)N2CCOCC2)cc1. The van der Waals surface area contributed by atoms with Crippen LogP contribution in [0.5, 0.6) is 5.75 Å². The van der Waals surface area contributed by atoms with Crippen molar-refractivity contribution in [2.24, 2.45) is 0 Å². The molecule has 0 atom stereocenters. The molecule has 0 radical (unpaired) electrons. The Hall–Kier alpha value is -1.98. The topological polar surface area (TPSA) is 102 Å². The highest BCUT2D eigenvalue weighted by molar-refractivity contribution is 7.89. The summed E-state index contributed by atoms with van der Waals surface area (Å²) in [5, 5.41) is 0. The molecule has 1 heterocycles. The molecule has 0 aromatic heterocycles. The zero-order chi connectivity index (χ0) is 20.7.